The molecule has 138 valence electrons. The molecule has 2 aromatic rings. The Morgan fingerprint density at radius 1 is 1.41 bits per heavy atom. The van der Waals surface area contributed by atoms with Gasteiger partial charge < -0.3 is 15.4 Å². The zero-order chi connectivity index (χ0) is 19.4. The fourth-order valence-electron chi connectivity index (χ4n) is 2.96. The van der Waals surface area contributed by atoms with Crippen LogP contribution >= 0.6 is 0 Å². The third-order valence-electron chi connectivity index (χ3n) is 4.27. The van der Waals surface area contributed by atoms with Crippen molar-refractivity contribution in [1.82, 2.24) is 9.78 Å². The highest BCUT2D eigenvalue weighted by molar-refractivity contribution is 5.96. The number of nitrogens with zero attached hydrogens (tertiary/aromatic N) is 3. The van der Waals surface area contributed by atoms with Crippen LogP contribution in [0.25, 0.3) is 0 Å². The number of hydrogen-bond donors (Lipinski definition) is 2. The molecule has 0 aliphatic carbocycles. The van der Waals surface area contributed by atoms with E-state index < -0.39 is 11.6 Å². The van der Waals surface area contributed by atoms with E-state index in [1.54, 1.807) is 19.1 Å². The van der Waals surface area contributed by atoms with E-state index in [-0.39, 0.29) is 24.4 Å². The molecule has 0 saturated heterocycles. The molecule has 0 amide bonds. The highest BCUT2D eigenvalue weighted by Gasteiger charge is 2.47. The maximum absolute atomic E-state index is 13.1. The van der Waals surface area contributed by atoms with Gasteiger partial charge in [-0.3, -0.25) is 4.79 Å². The molecule has 27 heavy (non-hydrogen) atoms. The van der Waals surface area contributed by atoms with Gasteiger partial charge in [0.05, 0.1) is 12.8 Å². The van der Waals surface area contributed by atoms with E-state index in [0.717, 1.165) is 0 Å². The Balaban J connectivity index is 2.23. The second-order valence-electron chi connectivity index (χ2n) is 6.05. The number of carbonyl (C=O) groups excluding carboxylic acids is 2. The Hall–Kier alpha value is -3.60. The standard InChI is InChI=1S/C19H19N5O3/c1-3-27-18(26)19(23-16-7-5-4-6-8-16)9-14(13(2)25)11-21-17-15(10-20)12-22-24(17)19/h4-8,11-12,21,23H,3,9H2,1-2H3. The minimum Gasteiger partial charge on any atom is -0.463 e. The monoisotopic (exact) mass is 365 g/mol. The van der Waals surface area contributed by atoms with E-state index in [4.69, 9.17) is 4.74 Å². The minimum absolute atomic E-state index is 0.00259. The number of hydrogen-bond acceptors (Lipinski definition) is 7. The zero-order valence-electron chi connectivity index (χ0n) is 15.0. The van der Waals surface area contributed by atoms with Gasteiger partial charge in [-0.25, -0.2) is 9.48 Å². The highest BCUT2D eigenvalue weighted by Crippen LogP contribution is 2.35. The molecule has 2 N–H and O–H groups in total. The van der Waals surface area contributed by atoms with Gasteiger partial charge in [0.15, 0.2) is 5.78 Å². The summed E-state index contributed by atoms with van der Waals surface area (Å²) >= 11 is 0. The maximum atomic E-state index is 13.1. The number of esters is 1. The second-order valence-corrected chi connectivity index (χ2v) is 6.05. The van der Waals surface area contributed by atoms with Gasteiger partial charge in [-0.15, -0.1) is 0 Å². The first-order chi connectivity index (χ1) is 13.0. The largest absolute Gasteiger partial charge is 0.463 e. The van der Waals surface area contributed by atoms with Gasteiger partial charge >= 0.3 is 5.97 Å². The molecule has 1 unspecified atom stereocenters. The van der Waals surface area contributed by atoms with Crippen molar-refractivity contribution in [1.29, 1.82) is 5.26 Å². The zero-order valence-corrected chi connectivity index (χ0v) is 15.0. The fraction of sp³-hybridized carbons (Fsp3) is 0.263. The number of Topliss-reactive ketones (excluding diaryl/α,β-unsaturated/α-hetero) is 1. The van der Waals surface area contributed by atoms with E-state index in [1.165, 1.54) is 24.0 Å². The Kier molecular flexibility index (Phi) is 4.94. The van der Waals surface area contributed by atoms with Crippen LogP contribution in [-0.2, 0) is 20.0 Å². The lowest BCUT2D eigenvalue weighted by Crippen LogP contribution is -2.51. The average Bonchev–Trinajstić information content (AvgIpc) is 3.00. The van der Waals surface area contributed by atoms with Crippen molar-refractivity contribution in [3.63, 3.8) is 0 Å². The van der Waals surface area contributed by atoms with Crippen molar-refractivity contribution in [3.05, 3.63) is 53.9 Å². The van der Waals surface area contributed by atoms with Crippen molar-refractivity contribution in [2.24, 2.45) is 0 Å². The number of carbonyl (C=O) groups is 2. The number of nitrogens with one attached hydrogen (secondary N) is 2. The summed E-state index contributed by atoms with van der Waals surface area (Å²) in [7, 11) is 0. The number of benzene rings is 1. The first-order valence-electron chi connectivity index (χ1n) is 8.47. The average molecular weight is 365 g/mol. The summed E-state index contributed by atoms with van der Waals surface area (Å²) in [6.07, 6.45) is 2.88. The molecular formula is C19H19N5O3. The first-order valence-corrected chi connectivity index (χ1v) is 8.47. The number of ketones is 1. The number of para-hydroxylation sites is 1. The van der Waals surface area contributed by atoms with Crippen molar-refractivity contribution in [2.75, 3.05) is 17.2 Å². The fourth-order valence-corrected chi connectivity index (χ4v) is 2.96. The lowest BCUT2D eigenvalue weighted by Gasteiger charge is -2.33. The van der Waals surface area contributed by atoms with Crippen LogP contribution in [0.4, 0.5) is 11.5 Å². The summed E-state index contributed by atoms with van der Waals surface area (Å²) in [4.78, 5) is 25.2. The SMILES string of the molecule is CCOC(=O)C1(Nc2ccccc2)CC(C(C)=O)=CNc2c(C#N)cnn21. The molecule has 3 rings (SSSR count). The summed E-state index contributed by atoms with van der Waals surface area (Å²) in [5, 5.41) is 19.8. The van der Waals surface area contributed by atoms with Gasteiger partial charge in [-0.1, -0.05) is 18.2 Å². The van der Waals surface area contributed by atoms with Gasteiger partial charge in [0.1, 0.15) is 17.5 Å². The number of ether oxygens (including phenoxy) is 1. The smallest absolute Gasteiger partial charge is 0.355 e. The normalized spacial score (nSPS) is 18.2. The van der Waals surface area contributed by atoms with Gasteiger partial charge in [0, 0.05) is 23.9 Å². The summed E-state index contributed by atoms with van der Waals surface area (Å²) in [6.45, 7) is 3.28. The number of rotatable bonds is 5. The van der Waals surface area contributed by atoms with Crippen molar-refractivity contribution in [2.45, 2.75) is 25.9 Å². The molecule has 1 aliphatic rings. The Bertz CT molecular complexity index is 942. The summed E-state index contributed by atoms with van der Waals surface area (Å²) in [5.41, 5.74) is -0.251. The second kappa shape index (κ2) is 7.33. The highest BCUT2D eigenvalue weighted by atomic mass is 16.5. The number of aromatic nitrogens is 2. The molecule has 8 heteroatoms. The van der Waals surface area contributed by atoms with Gasteiger partial charge in [-0.05, 0) is 26.0 Å². The predicted molar refractivity (Wildman–Crippen MR) is 98.6 cm³/mol. The van der Waals surface area contributed by atoms with Crippen LogP contribution in [0.2, 0.25) is 0 Å². The van der Waals surface area contributed by atoms with E-state index >= 15 is 0 Å². The summed E-state index contributed by atoms with van der Waals surface area (Å²) in [6, 6.07) is 11.1. The third-order valence-corrected chi connectivity index (χ3v) is 4.27. The molecule has 0 radical (unpaired) electrons. The third kappa shape index (κ3) is 3.27. The molecule has 1 aromatic carbocycles. The molecular weight excluding hydrogens is 346 g/mol. The maximum Gasteiger partial charge on any atom is 0.355 e. The first kappa shape index (κ1) is 18.2. The Morgan fingerprint density at radius 2 is 2.15 bits per heavy atom. The van der Waals surface area contributed by atoms with E-state index in [9.17, 15) is 14.9 Å². The van der Waals surface area contributed by atoms with Crippen molar-refractivity contribution in [3.8, 4) is 6.07 Å². The molecule has 0 fully saturated rings. The molecule has 2 heterocycles. The van der Waals surface area contributed by atoms with Crippen LogP contribution in [0.3, 0.4) is 0 Å². The lowest BCUT2D eigenvalue weighted by atomic mass is 9.97. The Labute approximate surface area is 156 Å². The summed E-state index contributed by atoms with van der Waals surface area (Å²) < 4.78 is 6.71. The van der Waals surface area contributed by atoms with Crippen molar-refractivity contribution < 1.29 is 14.3 Å². The van der Waals surface area contributed by atoms with Gasteiger partial charge in [0.2, 0.25) is 5.66 Å². The van der Waals surface area contributed by atoms with Crippen LogP contribution in [0.1, 0.15) is 25.8 Å². The molecule has 1 aliphatic heterocycles. The van der Waals surface area contributed by atoms with E-state index in [2.05, 4.69) is 15.7 Å². The van der Waals surface area contributed by atoms with Crippen molar-refractivity contribution >= 4 is 23.3 Å². The van der Waals surface area contributed by atoms with Crippen LogP contribution in [-0.4, -0.2) is 28.1 Å². The van der Waals surface area contributed by atoms with Gasteiger partial charge in [0.25, 0.3) is 0 Å². The van der Waals surface area contributed by atoms with Crippen LogP contribution in [0, 0.1) is 11.3 Å². The lowest BCUT2D eigenvalue weighted by molar-refractivity contribution is -0.152. The van der Waals surface area contributed by atoms with E-state index in [0.29, 0.717) is 17.1 Å². The quantitative estimate of drug-likeness (QED) is 0.783. The van der Waals surface area contributed by atoms with Gasteiger partial charge in [-0.2, -0.15) is 10.4 Å². The summed E-state index contributed by atoms with van der Waals surface area (Å²) in [5.74, 6) is -0.487. The topological polar surface area (TPSA) is 109 Å². The number of fused-ring (bicyclic) bond motifs is 1. The number of nitriles is 1. The minimum atomic E-state index is -1.53. The predicted octanol–water partition coefficient (Wildman–Crippen LogP) is 2.37. The molecule has 0 spiro atoms. The van der Waals surface area contributed by atoms with Crippen LogP contribution in [0.5, 0.6) is 0 Å². The molecule has 0 bridgehead atoms. The molecule has 1 aromatic heterocycles. The van der Waals surface area contributed by atoms with Crippen LogP contribution < -0.4 is 10.6 Å². The molecule has 8 nitrogen and oxygen atoms in total. The van der Waals surface area contributed by atoms with Crippen LogP contribution in [0.15, 0.2) is 48.3 Å². The Morgan fingerprint density at radius 3 is 2.78 bits per heavy atom. The number of anilines is 2. The van der Waals surface area contributed by atoms with E-state index in [1.807, 2.05) is 24.3 Å². The molecule has 0 saturated carbocycles. The molecule has 1 atom stereocenters.